The first kappa shape index (κ1) is 22.9. The van der Waals surface area contributed by atoms with Gasteiger partial charge in [-0.15, -0.1) is 0 Å². The Bertz CT molecular complexity index is 1380. The number of amides is 2. The van der Waals surface area contributed by atoms with Crippen LogP contribution in [-0.4, -0.2) is 54.9 Å². The fourth-order valence-corrected chi connectivity index (χ4v) is 6.33. The largest absolute Gasteiger partial charge is 0.343 e. The van der Waals surface area contributed by atoms with E-state index in [-0.39, 0.29) is 34.9 Å². The normalized spacial score (nSPS) is 16.8. The average Bonchev–Trinajstić information content (AvgIpc) is 3.19. The zero-order valence-corrected chi connectivity index (χ0v) is 20.2. The number of likely N-dealkylation sites (tertiary alicyclic amines) is 1. The molecule has 176 valence electrons. The van der Waals surface area contributed by atoms with Crippen molar-refractivity contribution < 1.29 is 18.0 Å². The Morgan fingerprint density at radius 2 is 1.68 bits per heavy atom. The van der Waals surface area contributed by atoms with E-state index in [1.54, 1.807) is 41.3 Å². The summed E-state index contributed by atoms with van der Waals surface area (Å²) in [5.41, 5.74) is 1.82. The van der Waals surface area contributed by atoms with Gasteiger partial charge >= 0.3 is 0 Å². The van der Waals surface area contributed by atoms with Crippen molar-refractivity contribution in [3.8, 4) is 0 Å². The van der Waals surface area contributed by atoms with Gasteiger partial charge in [-0.05, 0) is 59.5 Å². The van der Waals surface area contributed by atoms with Crippen molar-refractivity contribution in [3.05, 3.63) is 76.8 Å². The van der Waals surface area contributed by atoms with E-state index in [1.807, 2.05) is 29.2 Å². The van der Waals surface area contributed by atoms with Crippen LogP contribution in [0.4, 0.5) is 0 Å². The van der Waals surface area contributed by atoms with E-state index in [0.717, 1.165) is 21.9 Å². The zero-order chi connectivity index (χ0) is 23.9. The predicted molar refractivity (Wildman–Crippen MR) is 132 cm³/mol. The summed E-state index contributed by atoms with van der Waals surface area (Å²) in [6, 6.07) is 18.0. The summed E-state index contributed by atoms with van der Waals surface area (Å²) >= 11 is 6.00. The molecule has 8 heteroatoms. The molecule has 1 saturated heterocycles. The van der Waals surface area contributed by atoms with Crippen molar-refractivity contribution >= 4 is 44.0 Å². The molecule has 2 aliphatic heterocycles. The summed E-state index contributed by atoms with van der Waals surface area (Å²) in [4.78, 5) is 29.3. The second kappa shape index (κ2) is 9.04. The van der Waals surface area contributed by atoms with Gasteiger partial charge in [-0.2, -0.15) is 0 Å². The van der Waals surface area contributed by atoms with E-state index in [1.165, 1.54) is 0 Å². The number of benzene rings is 3. The van der Waals surface area contributed by atoms with Gasteiger partial charge < -0.3 is 9.80 Å². The van der Waals surface area contributed by atoms with E-state index < -0.39 is 9.84 Å². The van der Waals surface area contributed by atoms with E-state index in [0.29, 0.717) is 37.5 Å². The number of sulfone groups is 1. The highest BCUT2D eigenvalue weighted by atomic mass is 35.5. The van der Waals surface area contributed by atoms with E-state index in [9.17, 15) is 18.0 Å². The minimum atomic E-state index is -3.59. The monoisotopic (exact) mass is 496 g/mol. The van der Waals surface area contributed by atoms with E-state index in [4.69, 9.17) is 11.6 Å². The molecule has 2 amide bonds. The first-order valence-electron chi connectivity index (χ1n) is 11.4. The Hall–Kier alpha value is -2.90. The molecule has 0 unspecified atom stereocenters. The molecule has 0 saturated carbocycles. The maximum Gasteiger partial charge on any atom is 0.254 e. The van der Waals surface area contributed by atoms with Gasteiger partial charge in [0.15, 0.2) is 9.84 Å². The molecule has 3 aromatic carbocycles. The van der Waals surface area contributed by atoms with Crippen molar-refractivity contribution in [2.24, 2.45) is 0 Å². The van der Waals surface area contributed by atoms with Crippen LogP contribution in [0.1, 0.15) is 35.2 Å². The highest BCUT2D eigenvalue weighted by molar-refractivity contribution is 7.91. The molecule has 6 nitrogen and oxygen atoms in total. The van der Waals surface area contributed by atoms with Crippen LogP contribution in [0.15, 0.2) is 65.6 Å². The zero-order valence-electron chi connectivity index (χ0n) is 18.6. The molecule has 0 aromatic heterocycles. The van der Waals surface area contributed by atoms with E-state index >= 15 is 0 Å². The first-order chi connectivity index (χ1) is 16.3. The molecule has 0 spiro atoms. The third-order valence-corrected chi connectivity index (χ3v) is 8.77. The van der Waals surface area contributed by atoms with Gasteiger partial charge in [0.2, 0.25) is 5.91 Å². The van der Waals surface area contributed by atoms with Crippen molar-refractivity contribution in [3.63, 3.8) is 0 Å². The smallest absolute Gasteiger partial charge is 0.254 e. The highest BCUT2D eigenvalue weighted by Crippen LogP contribution is 2.29. The second-order valence-corrected chi connectivity index (χ2v) is 11.5. The fourth-order valence-electron chi connectivity index (χ4n) is 4.88. The lowest BCUT2D eigenvalue weighted by Gasteiger charge is -2.36. The summed E-state index contributed by atoms with van der Waals surface area (Å²) in [5.74, 6) is -0.333. The third-order valence-electron chi connectivity index (χ3n) is 6.82. The van der Waals surface area contributed by atoms with Crippen LogP contribution in [-0.2, 0) is 21.2 Å². The van der Waals surface area contributed by atoms with Gasteiger partial charge in [0.1, 0.15) is 0 Å². The summed E-state index contributed by atoms with van der Waals surface area (Å²) in [7, 11) is -3.59. The topological polar surface area (TPSA) is 74.8 Å². The third kappa shape index (κ3) is 4.42. The Morgan fingerprint density at radius 3 is 2.44 bits per heavy atom. The molecule has 0 bridgehead atoms. The molecule has 5 rings (SSSR count). The van der Waals surface area contributed by atoms with Crippen LogP contribution in [0, 0.1) is 0 Å². The lowest BCUT2D eigenvalue weighted by atomic mass is 10.0. The molecular formula is C26H25ClN2O4S. The van der Waals surface area contributed by atoms with Crippen LogP contribution < -0.4 is 0 Å². The number of carbonyl (C=O) groups is 2. The molecule has 2 heterocycles. The SMILES string of the molecule is O=C(CCS(=O)(=O)c1ccc2cc(Cl)ccc2c1)N1CCC(N2Cc3ccccc3C2=O)CC1. The number of halogens is 1. The van der Waals surface area contributed by atoms with Gasteiger partial charge in [-0.25, -0.2) is 8.42 Å². The molecule has 0 atom stereocenters. The lowest BCUT2D eigenvalue weighted by molar-refractivity contribution is -0.132. The molecule has 3 aromatic rings. The van der Waals surface area contributed by atoms with Crippen LogP contribution in [0.25, 0.3) is 10.8 Å². The number of rotatable bonds is 5. The number of hydrogen-bond acceptors (Lipinski definition) is 4. The van der Waals surface area contributed by atoms with E-state index in [2.05, 4.69) is 0 Å². The minimum absolute atomic E-state index is 0.0558. The van der Waals surface area contributed by atoms with Gasteiger partial charge in [0, 0.05) is 42.7 Å². The molecule has 34 heavy (non-hydrogen) atoms. The second-order valence-electron chi connectivity index (χ2n) is 8.92. The quantitative estimate of drug-likeness (QED) is 0.527. The predicted octanol–water partition coefficient (Wildman–Crippen LogP) is 4.30. The van der Waals surface area contributed by atoms with Gasteiger partial charge in [-0.1, -0.05) is 41.9 Å². The lowest BCUT2D eigenvalue weighted by Crippen LogP contribution is -2.47. The Labute approximate surface area is 204 Å². The molecule has 0 aliphatic carbocycles. The average molecular weight is 497 g/mol. The van der Waals surface area contributed by atoms with Crippen LogP contribution in [0.2, 0.25) is 5.02 Å². The number of nitrogens with zero attached hydrogens (tertiary/aromatic N) is 2. The highest BCUT2D eigenvalue weighted by Gasteiger charge is 2.35. The van der Waals surface area contributed by atoms with Crippen LogP contribution >= 0.6 is 11.6 Å². The molecule has 1 fully saturated rings. The Kier molecular flexibility index (Phi) is 6.08. The first-order valence-corrected chi connectivity index (χ1v) is 13.4. The van der Waals surface area contributed by atoms with Gasteiger partial charge in [-0.3, -0.25) is 9.59 Å². The molecule has 2 aliphatic rings. The summed E-state index contributed by atoms with van der Waals surface area (Å²) in [5, 5.41) is 2.25. The number of hydrogen-bond donors (Lipinski definition) is 0. The maximum atomic E-state index is 12.9. The summed E-state index contributed by atoms with van der Waals surface area (Å²) in [6.45, 7) is 1.67. The number of carbonyl (C=O) groups excluding carboxylic acids is 2. The van der Waals surface area contributed by atoms with Crippen molar-refractivity contribution in [2.75, 3.05) is 18.8 Å². The number of piperidine rings is 1. The van der Waals surface area contributed by atoms with Crippen LogP contribution in [0.5, 0.6) is 0 Å². The fraction of sp³-hybridized carbons (Fsp3) is 0.308. The Morgan fingerprint density at radius 1 is 0.971 bits per heavy atom. The molecule has 0 radical (unpaired) electrons. The maximum absolute atomic E-state index is 12.9. The molecular weight excluding hydrogens is 472 g/mol. The number of fused-ring (bicyclic) bond motifs is 2. The summed E-state index contributed by atoms with van der Waals surface area (Å²) < 4.78 is 25.7. The minimum Gasteiger partial charge on any atom is -0.343 e. The molecule has 0 N–H and O–H groups in total. The van der Waals surface area contributed by atoms with Crippen molar-refractivity contribution in [1.29, 1.82) is 0 Å². The van der Waals surface area contributed by atoms with Gasteiger partial charge in [0.25, 0.3) is 5.91 Å². The van der Waals surface area contributed by atoms with Crippen molar-refractivity contribution in [2.45, 2.75) is 36.7 Å². The van der Waals surface area contributed by atoms with Crippen LogP contribution in [0.3, 0.4) is 0 Å². The van der Waals surface area contributed by atoms with Crippen molar-refractivity contribution in [1.82, 2.24) is 9.80 Å². The summed E-state index contributed by atoms with van der Waals surface area (Å²) in [6.07, 6.45) is 1.34. The van der Waals surface area contributed by atoms with Gasteiger partial charge in [0.05, 0.1) is 10.6 Å². The standard InChI is InChI=1S/C26H25ClN2O4S/c27-21-7-5-19-16-23(8-6-18(19)15-21)34(32,33)14-11-25(30)28-12-9-22(10-13-28)29-17-20-3-1-2-4-24(20)26(29)31/h1-8,15-16,22H,9-14,17H2. The Balaban J connectivity index is 1.17.